The van der Waals surface area contributed by atoms with Gasteiger partial charge in [-0.05, 0) is 30.2 Å². The van der Waals surface area contributed by atoms with Gasteiger partial charge in [0.1, 0.15) is 0 Å². The molecular formula is C17H22O5. The fraction of sp³-hybridized carbons (Fsp3) is 0.412. The number of benzene rings is 1. The van der Waals surface area contributed by atoms with Gasteiger partial charge in [-0.2, -0.15) is 0 Å². The lowest BCUT2D eigenvalue weighted by molar-refractivity contribution is -0.138. The van der Waals surface area contributed by atoms with E-state index in [-0.39, 0.29) is 11.9 Å². The maximum atomic E-state index is 12.0. The first-order chi connectivity index (χ1) is 10.5. The van der Waals surface area contributed by atoms with Crippen molar-refractivity contribution in [3.05, 3.63) is 29.8 Å². The van der Waals surface area contributed by atoms with Gasteiger partial charge in [0.25, 0.3) is 0 Å². The number of ether oxygens (including phenoxy) is 3. The summed E-state index contributed by atoms with van der Waals surface area (Å²) in [5, 5.41) is 0. The number of hydrogen-bond acceptors (Lipinski definition) is 5. The van der Waals surface area contributed by atoms with Crippen molar-refractivity contribution in [3.8, 4) is 11.5 Å². The highest BCUT2D eigenvalue weighted by Crippen LogP contribution is 2.29. The second-order valence-electron chi connectivity index (χ2n) is 4.88. The van der Waals surface area contributed by atoms with Crippen LogP contribution in [0.25, 0.3) is 6.08 Å². The summed E-state index contributed by atoms with van der Waals surface area (Å²) in [5.41, 5.74) is 0.739. The molecule has 1 aromatic carbocycles. The lowest BCUT2D eigenvalue weighted by atomic mass is 10.1. The van der Waals surface area contributed by atoms with E-state index in [9.17, 15) is 9.59 Å². The summed E-state index contributed by atoms with van der Waals surface area (Å²) in [5.74, 6) is -0.0794. The molecule has 120 valence electrons. The van der Waals surface area contributed by atoms with Gasteiger partial charge in [-0.15, -0.1) is 0 Å². The van der Waals surface area contributed by atoms with E-state index >= 15 is 0 Å². The standard InChI is InChI=1S/C17H22O5/c1-5-6-12(2)17(19)22-14-9-7-13(11-15(14)20-3)8-10-16(18)21-4/h7-12H,5-6H2,1-4H3. The van der Waals surface area contributed by atoms with E-state index in [4.69, 9.17) is 9.47 Å². The van der Waals surface area contributed by atoms with Gasteiger partial charge in [-0.1, -0.05) is 26.3 Å². The van der Waals surface area contributed by atoms with Gasteiger partial charge in [0.05, 0.1) is 20.1 Å². The lowest BCUT2D eigenvalue weighted by Crippen LogP contribution is -2.17. The second kappa shape index (κ2) is 8.87. The number of esters is 2. The maximum Gasteiger partial charge on any atom is 0.330 e. The average Bonchev–Trinajstić information content (AvgIpc) is 2.53. The smallest absolute Gasteiger partial charge is 0.330 e. The lowest BCUT2D eigenvalue weighted by Gasteiger charge is -2.13. The van der Waals surface area contributed by atoms with E-state index in [0.29, 0.717) is 11.5 Å². The monoisotopic (exact) mass is 306 g/mol. The summed E-state index contributed by atoms with van der Waals surface area (Å²) < 4.78 is 15.1. The van der Waals surface area contributed by atoms with Gasteiger partial charge in [0.15, 0.2) is 11.5 Å². The highest BCUT2D eigenvalue weighted by Gasteiger charge is 2.16. The molecule has 0 aliphatic heterocycles. The topological polar surface area (TPSA) is 61.8 Å². The summed E-state index contributed by atoms with van der Waals surface area (Å²) in [6.07, 6.45) is 4.61. The summed E-state index contributed by atoms with van der Waals surface area (Å²) in [6, 6.07) is 5.06. The number of hydrogen-bond donors (Lipinski definition) is 0. The van der Waals surface area contributed by atoms with Crippen LogP contribution in [-0.4, -0.2) is 26.2 Å². The summed E-state index contributed by atoms with van der Waals surface area (Å²) in [6.45, 7) is 3.86. The molecule has 0 aliphatic rings. The van der Waals surface area contributed by atoms with Crippen LogP contribution >= 0.6 is 0 Å². The van der Waals surface area contributed by atoms with Crippen LogP contribution in [-0.2, 0) is 14.3 Å². The highest BCUT2D eigenvalue weighted by molar-refractivity contribution is 5.87. The minimum Gasteiger partial charge on any atom is -0.493 e. The van der Waals surface area contributed by atoms with E-state index in [2.05, 4.69) is 4.74 Å². The predicted octanol–water partition coefficient (Wildman–Crippen LogP) is 3.22. The molecule has 0 radical (unpaired) electrons. The number of carbonyl (C=O) groups is 2. The molecule has 0 amide bonds. The summed E-state index contributed by atoms with van der Waals surface area (Å²) >= 11 is 0. The van der Waals surface area contributed by atoms with Crippen molar-refractivity contribution in [3.63, 3.8) is 0 Å². The molecule has 0 heterocycles. The van der Waals surface area contributed by atoms with Gasteiger partial charge in [0.2, 0.25) is 0 Å². The van der Waals surface area contributed by atoms with Crippen molar-refractivity contribution in [2.24, 2.45) is 5.92 Å². The van der Waals surface area contributed by atoms with E-state index in [1.165, 1.54) is 20.3 Å². The molecule has 1 unspecified atom stereocenters. The van der Waals surface area contributed by atoms with Crippen LogP contribution in [0.1, 0.15) is 32.3 Å². The largest absolute Gasteiger partial charge is 0.493 e. The third-order valence-corrected chi connectivity index (χ3v) is 3.14. The van der Waals surface area contributed by atoms with Crippen molar-refractivity contribution in [1.82, 2.24) is 0 Å². The van der Waals surface area contributed by atoms with E-state index in [1.54, 1.807) is 24.3 Å². The van der Waals surface area contributed by atoms with Gasteiger partial charge < -0.3 is 14.2 Å². The molecule has 1 atom stereocenters. The van der Waals surface area contributed by atoms with Crippen molar-refractivity contribution in [1.29, 1.82) is 0 Å². The zero-order valence-electron chi connectivity index (χ0n) is 13.4. The molecular weight excluding hydrogens is 284 g/mol. The third-order valence-electron chi connectivity index (χ3n) is 3.14. The van der Waals surface area contributed by atoms with Crippen LogP contribution < -0.4 is 9.47 Å². The molecule has 0 fully saturated rings. The fourth-order valence-electron chi connectivity index (χ4n) is 1.86. The van der Waals surface area contributed by atoms with Crippen molar-refractivity contribution in [2.45, 2.75) is 26.7 Å². The van der Waals surface area contributed by atoms with Gasteiger partial charge in [-0.3, -0.25) is 4.79 Å². The Morgan fingerprint density at radius 3 is 2.55 bits per heavy atom. The average molecular weight is 306 g/mol. The van der Waals surface area contributed by atoms with Crippen LogP contribution in [0.2, 0.25) is 0 Å². The van der Waals surface area contributed by atoms with Crippen molar-refractivity contribution < 1.29 is 23.8 Å². The third kappa shape index (κ3) is 5.24. The minimum atomic E-state index is -0.442. The zero-order chi connectivity index (χ0) is 16.5. The van der Waals surface area contributed by atoms with Crippen LogP contribution in [0, 0.1) is 5.92 Å². The predicted molar refractivity (Wildman–Crippen MR) is 83.8 cm³/mol. The summed E-state index contributed by atoms with van der Waals surface area (Å²) in [4.78, 5) is 23.0. The van der Waals surface area contributed by atoms with Crippen molar-refractivity contribution >= 4 is 18.0 Å². The minimum absolute atomic E-state index is 0.159. The molecule has 0 N–H and O–H groups in total. The SMILES string of the molecule is CCCC(C)C(=O)Oc1ccc(C=CC(=O)OC)cc1OC. The van der Waals surface area contributed by atoms with Crippen molar-refractivity contribution in [2.75, 3.05) is 14.2 Å². The van der Waals surface area contributed by atoms with Crippen LogP contribution in [0.5, 0.6) is 11.5 Å². The Hall–Kier alpha value is -2.30. The zero-order valence-corrected chi connectivity index (χ0v) is 13.4. The van der Waals surface area contributed by atoms with E-state index in [1.807, 2.05) is 13.8 Å². The first kappa shape index (κ1) is 17.8. The quantitative estimate of drug-likeness (QED) is 0.440. The normalized spacial score (nSPS) is 12.0. The molecule has 0 aliphatic carbocycles. The Labute approximate surface area is 130 Å². The molecule has 0 aromatic heterocycles. The van der Waals surface area contributed by atoms with E-state index < -0.39 is 5.97 Å². The first-order valence-electron chi connectivity index (χ1n) is 7.17. The van der Waals surface area contributed by atoms with Crippen LogP contribution in [0.15, 0.2) is 24.3 Å². The number of rotatable bonds is 7. The highest BCUT2D eigenvalue weighted by atomic mass is 16.6. The first-order valence-corrected chi connectivity index (χ1v) is 7.17. The molecule has 0 spiro atoms. The number of methoxy groups -OCH3 is 2. The Balaban J connectivity index is 2.87. The Morgan fingerprint density at radius 2 is 1.95 bits per heavy atom. The van der Waals surface area contributed by atoms with E-state index in [0.717, 1.165) is 18.4 Å². The Bertz CT molecular complexity index is 548. The molecule has 5 nitrogen and oxygen atoms in total. The number of carbonyl (C=O) groups excluding carboxylic acids is 2. The van der Waals surface area contributed by atoms with Crippen LogP contribution in [0.4, 0.5) is 0 Å². The Kier molecular flexibility index (Phi) is 7.16. The molecule has 22 heavy (non-hydrogen) atoms. The fourth-order valence-corrected chi connectivity index (χ4v) is 1.86. The molecule has 0 bridgehead atoms. The van der Waals surface area contributed by atoms with Gasteiger partial charge in [-0.25, -0.2) is 4.79 Å². The summed E-state index contributed by atoms with van der Waals surface area (Å²) in [7, 11) is 2.81. The van der Waals surface area contributed by atoms with Gasteiger partial charge in [0, 0.05) is 6.08 Å². The Morgan fingerprint density at radius 1 is 1.23 bits per heavy atom. The molecule has 0 saturated carbocycles. The molecule has 1 aromatic rings. The maximum absolute atomic E-state index is 12.0. The molecule has 5 heteroatoms. The van der Waals surface area contributed by atoms with Gasteiger partial charge >= 0.3 is 11.9 Å². The molecule has 1 rings (SSSR count). The molecule has 0 saturated heterocycles. The second-order valence-corrected chi connectivity index (χ2v) is 4.88. The van der Waals surface area contributed by atoms with Crippen LogP contribution in [0.3, 0.4) is 0 Å².